The Morgan fingerprint density at radius 3 is 2.53 bits per heavy atom. The summed E-state index contributed by atoms with van der Waals surface area (Å²) in [6, 6.07) is 11.9. The van der Waals surface area contributed by atoms with Crippen molar-refractivity contribution in [1.29, 1.82) is 0 Å². The number of nitrogens with zero attached hydrogens (tertiary/aromatic N) is 2. The van der Waals surface area contributed by atoms with Crippen molar-refractivity contribution in [2.45, 2.75) is 20.1 Å². The number of hydrogen-bond acceptors (Lipinski definition) is 5. The Morgan fingerprint density at radius 2 is 1.87 bits per heavy atom. The van der Waals surface area contributed by atoms with Gasteiger partial charge in [0.2, 0.25) is 5.91 Å². The predicted octanol–water partition coefficient (Wildman–Crippen LogP) is 3.57. The molecule has 0 saturated carbocycles. The van der Waals surface area contributed by atoms with Crippen LogP contribution in [0, 0.1) is 12.7 Å². The molecule has 0 aliphatic heterocycles. The molecule has 0 aliphatic rings. The molecule has 0 aliphatic carbocycles. The molecule has 1 aromatic heterocycles. The fourth-order valence-electron chi connectivity index (χ4n) is 2.70. The summed E-state index contributed by atoms with van der Waals surface area (Å²) in [7, 11) is 1.56. The first-order valence-electron chi connectivity index (χ1n) is 8.95. The number of carbonyl (C=O) groups excluding carboxylic acids is 1. The highest BCUT2D eigenvalue weighted by Crippen LogP contribution is 2.22. The van der Waals surface area contributed by atoms with Crippen LogP contribution in [-0.2, 0) is 17.9 Å². The third-order valence-electron chi connectivity index (χ3n) is 4.15. The topological polar surface area (TPSA) is 82.5 Å². The second-order valence-corrected chi connectivity index (χ2v) is 6.78. The molecule has 3 rings (SSSR count). The Labute approximate surface area is 177 Å². The standard InChI is InChI=1S/C21H19ClFN3O4/c1-13-9-21(28)26(11-20(27)25-18-8-3-14(23)10-17(18)22)19(24-13)12-30-16-6-4-15(29-2)5-7-16/h3-10H,11-12H2,1-2H3,(H,25,27). The van der Waals surface area contributed by atoms with Crippen LogP contribution in [0.25, 0.3) is 0 Å². The van der Waals surface area contributed by atoms with Crippen LogP contribution in [-0.4, -0.2) is 22.6 Å². The molecule has 0 radical (unpaired) electrons. The first-order valence-corrected chi connectivity index (χ1v) is 9.32. The fraction of sp³-hybridized carbons (Fsp3) is 0.190. The largest absolute Gasteiger partial charge is 0.497 e. The molecule has 0 fully saturated rings. The number of rotatable bonds is 7. The minimum Gasteiger partial charge on any atom is -0.497 e. The van der Waals surface area contributed by atoms with Crippen molar-refractivity contribution in [3.8, 4) is 11.5 Å². The summed E-state index contributed by atoms with van der Waals surface area (Å²) in [5.41, 5.74) is 0.356. The van der Waals surface area contributed by atoms with E-state index in [0.29, 0.717) is 17.2 Å². The lowest BCUT2D eigenvalue weighted by molar-refractivity contribution is -0.116. The lowest BCUT2D eigenvalue weighted by Gasteiger charge is -2.14. The number of hydrogen-bond donors (Lipinski definition) is 1. The van der Waals surface area contributed by atoms with Gasteiger partial charge in [-0.2, -0.15) is 0 Å². The molecule has 0 bridgehead atoms. The van der Waals surface area contributed by atoms with Gasteiger partial charge in [0.1, 0.15) is 36.3 Å². The molecule has 2 aromatic carbocycles. The van der Waals surface area contributed by atoms with Gasteiger partial charge in [-0.05, 0) is 49.4 Å². The van der Waals surface area contributed by atoms with Crippen LogP contribution in [0.1, 0.15) is 11.5 Å². The maximum atomic E-state index is 13.2. The minimum absolute atomic E-state index is 0.0200. The predicted molar refractivity (Wildman–Crippen MR) is 111 cm³/mol. The van der Waals surface area contributed by atoms with Crippen molar-refractivity contribution >= 4 is 23.2 Å². The molecule has 1 N–H and O–H groups in total. The number of methoxy groups -OCH3 is 1. The first-order chi connectivity index (χ1) is 14.4. The van der Waals surface area contributed by atoms with Crippen molar-refractivity contribution in [3.63, 3.8) is 0 Å². The van der Waals surface area contributed by atoms with Gasteiger partial charge in [0.15, 0.2) is 0 Å². The van der Waals surface area contributed by atoms with Gasteiger partial charge in [-0.25, -0.2) is 9.37 Å². The van der Waals surface area contributed by atoms with E-state index in [0.717, 1.165) is 6.07 Å². The van der Waals surface area contributed by atoms with Crippen molar-refractivity contribution in [2.24, 2.45) is 0 Å². The Kier molecular flexibility index (Phi) is 6.68. The van der Waals surface area contributed by atoms with E-state index in [1.165, 1.54) is 22.8 Å². The van der Waals surface area contributed by atoms with Crippen LogP contribution >= 0.6 is 11.6 Å². The third kappa shape index (κ3) is 5.36. The number of nitrogens with one attached hydrogen (secondary N) is 1. The monoisotopic (exact) mass is 431 g/mol. The normalized spacial score (nSPS) is 10.5. The molecule has 0 atom stereocenters. The third-order valence-corrected chi connectivity index (χ3v) is 4.46. The van der Waals surface area contributed by atoms with Gasteiger partial charge < -0.3 is 14.8 Å². The number of carbonyl (C=O) groups is 1. The maximum absolute atomic E-state index is 13.2. The summed E-state index contributed by atoms with van der Waals surface area (Å²) in [6.07, 6.45) is 0. The number of aryl methyl sites for hydroxylation is 1. The van der Waals surface area contributed by atoms with Gasteiger partial charge >= 0.3 is 0 Å². The van der Waals surface area contributed by atoms with Crippen molar-refractivity contribution < 1.29 is 18.7 Å². The quantitative estimate of drug-likeness (QED) is 0.618. The van der Waals surface area contributed by atoms with Crippen LogP contribution in [0.3, 0.4) is 0 Å². The summed E-state index contributed by atoms with van der Waals surface area (Å²) in [5, 5.41) is 2.62. The molecule has 0 unspecified atom stereocenters. The van der Waals surface area contributed by atoms with Gasteiger partial charge in [-0.3, -0.25) is 14.2 Å². The number of anilines is 1. The van der Waals surface area contributed by atoms with Crippen LogP contribution in [0.4, 0.5) is 10.1 Å². The van der Waals surface area contributed by atoms with E-state index in [2.05, 4.69) is 10.3 Å². The molecule has 156 valence electrons. The Balaban J connectivity index is 1.76. The smallest absolute Gasteiger partial charge is 0.254 e. The van der Waals surface area contributed by atoms with Gasteiger partial charge in [0.25, 0.3) is 5.56 Å². The van der Waals surface area contributed by atoms with Gasteiger partial charge in [-0.15, -0.1) is 0 Å². The number of halogens is 2. The SMILES string of the molecule is COc1ccc(OCc2nc(C)cc(=O)n2CC(=O)Nc2ccc(F)cc2Cl)cc1. The van der Waals surface area contributed by atoms with Crippen molar-refractivity contribution in [1.82, 2.24) is 9.55 Å². The number of amides is 1. The van der Waals surface area contributed by atoms with Gasteiger partial charge in [0.05, 0.1) is 17.8 Å². The molecule has 0 saturated heterocycles. The van der Waals surface area contributed by atoms with E-state index in [-0.39, 0.29) is 29.7 Å². The molecule has 7 nitrogen and oxygen atoms in total. The average Bonchev–Trinajstić information content (AvgIpc) is 2.71. The second-order valence-electron chi connectivity index (χ2n) is 6.37. The highest BCUT2D eigenvalue weighted by Gasteiger charge is 2.14. The first kappa shape index (κ1) is 21.3. The van der Waals surface area contributed by atoms with E-state index in [4.69, 9.17) is 21.1 Å². The molecule has 30 heavy (non-hydrogen) atoms. The summed E-state index contributed by atoms with van der Waals surface area (Å²) >= 11 is 5.93. The van der Waals surface area contributed by atoms with E-state index in [1.807, 2.05) is 0 Å². The zero-order valence-corrected chi connectivity index (χ0v) is 17.1. The molecular formula is C21H19ClFN3O4. The van der Waals surface area contributed by atoms with Crippen LogP contribution in [0.15, 0.2) is 53.3 Å². The molecule has 9 heteroatoms. The zero-order valence-electron chi connectivity index (χ0n) is 16.3. The highest BCUT2D eigenvalue weighted by atomic mass is 35.5. The molecule has 3 aromatic rings. The lowest BCUT2D eigenvalue weighted by atomic mass is 10.3. The van der Waals surface area contributed by atoms with E-state index >= 15 is 0 Å². The van der Waals surface area contributed by atoms with Crippen molar-refractivity contribution in [2.75, 3.05) is 12.4 Å². The number of aromatic nitrogens is 2. The molecule has 1 heterocycles. The zero-order chi connectivity index (χ0) is 21.7. The number of ether oxygens (including phenoxy) is 2. The summed E-state index contributed by atoms with van der Waals surface area (Å²) in [4.78, 5) is 29.2. The summed E-state index contributed by atoms with van der Waals surface area (Å²) in [5.74, 6) is 0.498. The highest BCUT2D eigenvalue weighted by molar-refractivity contribution is 6.33. The average molecular weight is 432 g/mol. The van der Waals surface area contributed by atoms with Crippen LogP contribution in [0.2, 0.25) is 5.02 Å². The van der Waals surface area contributed by atoms with Crippen molar-refractivity contribution in [3.05, 3.63) is 81.2 Å². The minimum atomic E-state index is -0.519. The molecule has 0 spiro atoms. The van der Waals surface area contributed by atoms with E-state index < -0.39 is 17.3 Å². The Morgan fingerprint density at radius 1 is 1.17 bits per heavy atom. The lowest BCUT2D eigenvalue weighted by Crippen LogP contribution is -2.31. The second kappa shape index (κ2) is 9.41. The van der Waals surface area contributed by atoms with E-state index in [1.54, 1.807) is 38.3 Å². The summed E-state index contributed by atoms with van der Waals surface area (Å²) in [6.45, 7) is 1.36. The Hall–Kier alpha value is -3.39. The van der Waals surface area contributed by atoms with E-state index in [9.17, 15) is 14.0 Å². The van der Waals surface area contributed by atoms with Crippen LogP contribution < -0.4 is 20.3 Å². The van der Waals surface area contributed by atoms with Crippen LogP contribution in [0.5, 0.6) is 11.5 Å². The summed E-state index contributed by atoms with van der Waals surface area (Å²) < 4.78 is 25.2. The van der Waals surface area contributed by atoms with Gasteiger partial charge in [-0.1, -0.05) is 11.6 Å². The fourth-order valence-corrected chi connectivity index (χ4v) is 2.92. The molecule has 1 amide bonds. The molecular weight excluding hydrogens is 413 g/mol. The maximum Gasteiger partial charge on any atom is 0.254 e. The number of benzene rings is 2. The Bertz CT molecular complexity index is 1120. The van der Waals surface area contributed by atoms with Gasteiger partial charge in [0, 0.05) is 11.8 Å².